The fourth-order valence-electron chi connectivity index (χ4n) is 4.46. The standard InChI is InChI=1S/C25H23F2N5O2/c26-20-10-18(11-21(27)23(20)33)25(34)30-13-15-2-6-19(7-3-15)32-14-17-5-4-16(12-22(17)31-32)24-28-8-1-9-29-24/h1,4-5,8-12,14-15,19,33H,2-3,6-7,13H2,(H,30,34). The minimum absolute atomic E-state index is 0.148. The number of hydrogen-bond acceptors (Lipinski definition) is 5. The molecule has 2 aromatic carbocycles. The summed E-state index contributed by atoms with van der Waals surface area (Å²) in [5, 5.41) is 17.8. The minimum Gasteiger partial charge on any atom is -0.503 e. The summed E-state index contributed by atoms with van der Waals surface area (Å²) < 4.78 is 29.0. The Bertz CT molecular complexity index is 1310. The summed E-state index contributed by atoms with van der Waals surface area (Å²) in [5.41, 5.74) is 1.67. The van der Waals surface area contributed by atoms with Crippen LogP contribution in [0, 0.1) is 17.6 Å². The predicted octanol–water partition coefficient (Wildman–Crippen LogP) is 4.64. The minimum atomic E-state index is -1.15. The van der Waals surface area contributed by atoms with E-state index in [4.69, 9.17) is 5.10 Å². The van der Waals surface area contributed by atoms with Crippen LogP contribution >= 0.6 is 0 Å². The maximum Gasteiger partial charge on any atom is 0.251 e. The predicted molar refractivity (Wildman–Crippen MR) is 122 cm³/mol. The van der Waals surface area contributed by atoms with Crippen molar-refractivity contribution >= 4 is 16.8 Å². The lowest BCUT2D eigenvalue weighted by atomic mass is 9.86. The van der Waals surface area contributed by atoms with E-state index in [9.17, 15) is 18.7 Å². The number of aromatic nitrogens is 4. The average molecular weight is 463 g/mol. The Morgan fingerprint density at radius 3 is 2.47 bits per heavy atom. The number of rotatable bonds is 5. The van der Waals surface area contributed by atoms with Gasteiger partial charge in [-0.15, -0.1) is 0 Å². The smallest absolute Gasteiger partial charge is 0.251 e. The molecule has 1 fully saturated rings. The van der Waals surface area contributed by atoms with Gasteiger partial charge in [-0.3, -0.25) is 9.48 Å². The second kappa shape index (κ2) is 9.17. The molecule has 0 atom stereocenters. The van der Waals surface area contributed by atoms with E-state index >= 15 is 0 Å². The van der Waals surface area contributed by atoms with Gasteiger partial charge in [0.2, 0.25) is 0 Å². The van der Waals surface area contributed by atoms with E-state index in [2.05, 4.69) is 21.5 Å². The molecule has 34 heavy (non-hydrogen) atoms. The lowest BCUT2D eigenvalue weighted by Crippen LogP contribution is -2.31. The molecule has 1 aliphatic rings. The highest BCUT2D eigenvalue weighted by Gasteiger charge is 2.24. The maximum absolute atomic E-state index is 13.5. The quantitative estimate of drug-likeness (QED) is 0.450. The molecule has 5 rings (SSSR count). The summed E-state index contributed by atoms with van der Waals surface area (Å²) in [6.45, 7) is 0.428. The average Bonchev–Trinajstić information content (AvgIpc) is 3.30. The third-order valence-corrected chi connectivity index (χ3v) is 6.37. The Hall–Kier alpha value is -3.88. The van der Waals surface area contributed by atoms with E-state index in [-0.39, 0.29) is 17.5 Å². The van der Waals surface area contributed by atoms with Crippen molar-refractivity contribution in [2.24, 2.45) is 5.92 Å². The third kappa shape index (κ3) is 4.46. The Morgan fingerprint density at radius 2 is 1.76 bits per heavy atom. The molecule has 1 amide bonds. The molecule has 0 radical (unpaired) electrons. The van der Waals surface area contributed by atoms with E-state index in [1.165, 1.54) is 0 Å². The van der Waals surface area contributed by atoms with E-state index in [0.717, 1.165) is 54.3 Å². The molecule has 0 bridgehead atoms. The monoisotopic (exact) mass is 463 g/mol. The number of aromatic hydroxyl groups is 1. The van der Waals surface area contributed by atoms with Crippen LogP contribution in [0.25, 0.3) is 22.3 Å². The number of phenols is 1. The van der Waals surface area contributed by atoms with Gasteiger partial charge in [-0.1, -0.05) is 12.1 Å². The molecule has 1 aliphatic carbocycles. The number of benzene rings is 2. The molecular weight excluding hydrogens is 440 g/mol. The lowest BCUT2D eigenvalue weighted by molar-refractivity contribution is 0.0940. The summed E-state index contributed by atoms with van der Waals surface area (Å²) in [5.74, 6) is -3.00. The van der Waals surface area contributed by atoms with Crippen molar-refractivity contribution in [1.82, 2.24) is 25.1 Å². The summed E-state index contributed by atoms with van der Waals surface area (Å²) in [6, 6.07) is 9.75. The van der Waals surface area contributed by atoms with Gasteiger partial charge in [0.05, 0.1) is 11.6 Å². The Labute approximate surface area is 194 Å². The third-order valence-electron chi connectivity index (χ3n) is 6.37. The van der Waals surface area contributed by atoms with Crippen molar-refractivity contribution in [3.63, 3.8) is 0 Å². The van der Waals surface area contributed by atoms with Gasteiger partial charge in [0.1, 0.15) is 0 Å². The van der Waals surface area contributed by atoms with Crippen LogP contribution in [0.4, 0.5) is 8.78 Å². The highest BCUT2D eigenvalue weighted by atomic mass is 19.1. The molecule has 0 saturated heterocycles. The molecule has 174 valence electrons. The highest BCUT2D eigenvalue weighted by Crippen LogP contribution is 2.33. The van der Waals surface area contributed by atoms with Gasteiger partial charge in [0.15, 0.2) is 23.2 Å². The van der Waals surface area contributed by atoms with Gasteiger partial charge in [0, 0.05) is 41.6 Å². The first kappa shape index (κ1) is 21.9. The zero-order valence-corrected chi connectivity index (χ0v) is 18.3. The molecule has 2 aromatic heterocycles. The number of carbonyl (C=O) groups is 1. The van der Waals surface area contributed by atoms with E-state index in [1.807, 2.05) is 22.9 Å². The van der Waals surface area contributed by atoms with Crippen LogP contribution in [-0.4, -0.2) is 37.3 Å². The van der Waals surface area contributed by atoms with Crippen molar-refractivity contribution in [2.45, 2.75) is 31.7 Å². The van der Waals surface area contributed by atoms with Crippen molar-refractivity contribution in [3.8, 4) is 17.1 Å². The Kier molecular flexibility index (Phi) is 5.91. The fraction of sp³-hybridized carbons (Fsp3) is 0.280. The summed E-state index contributed by atoms with van der Waals surface area (Å²) in [4.78, 5) is 20.9. The van der Waals surface area contributed by atoms with Crippen LogP contribution in [0.15, 0.2) is 55.0 Å². The zero-order valence-electron chi connectivity index (χ0n) is 18.3. The van der Waals surface area contributed by atoms with Crippen LogP contribution in [0.1, 0.15) is 42.1 Å². The van der Waals surface area contributed by atoms with Crippen LogP contribution < -0.4 is 5.32 Å². The zero-order chi connectivity index (χ0) is 23.7. The number of halogens is 2. The molecule has 0 unspecified atom stereocenters. The molecule has 1 saturated carbocycles. The number of hydrogen-bond donors (Lipinski definition) is 2. The van der Waals surface area contributed by atoms with Crippen LogP contribution in [0.2, 0.25) is 0 Å². The van der Waals surface area contributed by atoms with Gasteiger partial charge < -0.3 is 10.4 Å². The molecule has 7 nitrogen and oxygen atoms in total. The number of fused-ring (bicyclic) bond motifs is 1. The highest BCUT2D eigenvalue weighted by molar-refractivity contribution is 5.94. The van der Waals surface area contributed by atoms with Crippen molar-refractivity contribution in [1.29, 1.82) is 0 Å². The second-order valence-corrected chi connectivity index (χ2v) is 8.63. The molecule has 0 aliphatic heterocycles. The number of nitrogens with zero attached hydrogens (tertiary/aromatic N) is 4. The Morgan fingerprint density at radius 1 is 1.06 bits per heavy atom. The van der Waals surface area contributed by atoms with Crippen molar-refractivity contribution < 1.29 is 18.7 Å². The number of carbonyl (C=O) groups excluding carboxylic acids is 1. The van der Waals surface area contributed by atoms with Crippen LogP contribution in [0.3, 0.4) is 0 Å². The molecule has 4 aromatic rings. The van der Waals surface area contributed by atoms with Crippen molar-refractivity contribution in [2.75, 3.05) is 6.54 Å². The first-order valence-corrected chi connectivity index (χ1v) is 11.2. The SMILES string of the molecule is O=C(NCC1CCC(n2cc3ccc(-c4ncccn4)cc3n2)CC1)c1cc(F)c(O)c(F)c1. The van der Waals surface area contributed by atoms with Gasteiger partial charge >= 0.3 is 0 Å². The Balaban J connectivity index is 1.18. The molecule has 0 spiro atoms. The van der Waals surface area contributed by atoms with Crippen LogP contribution in [-0.2, 0) is 0 Å². The topological polar surface area (TPSA) is 92.9 Å². The number of nitrogens with one attached hydrogen (secondary N) is 1. The second-order valence-electron chi connectivity index (χ2n) is 8.63. The maximum atomic E-state index is 13.5. The number of phenolic OH excluding ortho intramolecular Hbond substituents is 1. The molecule has 2 heterocycles. The first-order valence-electron chi connectivity index (χ1n) is 11.2. The molecular formula is C25H23F2N5O2. The van der Waals surface area contributed by atoms with Gasteiger partial charge in [-0.05, 0) is 55.9 Å². The van der Waals surface area contributed by atoms with E-state index in [1.54, 1.807) is 18.5 Å². The van der Waals surface area contributed by atoms with Gasteiger partial charge in [0.25, 0.3) is 5.91 Å². The first-order chi connectivity index (χ1) is 16.5. The summed E-state index contributed by atoms with van der Waals surface area (Å²) >= 11 is 0. The number of amides is 1. The van der Waals surface area contributed by atoms with Gasteiger partial charge in [-0.2, -0.15) is 5.10 Å². The van der Waals surface area contributed by atoms with Crippen LogP contribution in [0.5, 0.6) is 5.75 Å². The van der Waals surface area contributed by atoms with Crippen molar-refractivity contribution in [3.05, 3.63) is 72.2 Å². The molecule has 2 N–H and O–H groups in total. The van der Waals surface area contributed by atoms with Gasteiger partial charge in [-0.25, -0.2) is 18.7 Å². The normalized spacial score (nSPS) is 18.2. The fourth-order valence-corrected chi connectivity index (χ4v) is 4.46. The van der Waals surface area contributed by atoms with E-state index in [0.29, 0.717) is 12.4 Å². The van der Waals surface area contributed by atoms with E-state index < -0.39 is 23.3 Å². The summed E-state index contributed by atoms with van der Waals surface area (Å²) in [7, 11) is 0. The lowest BCUT2D eigenvalue weighted by Gasteiger charge is -2.28. The largest absolute Gasteiger partial charge is 0.503 e. The summed E-state index contributed by atoms with van der Waals surface area (Å²) in [6.07, 6.45) is 9.15. The molecule has 9 heteroatoms.